The van der Waals surface area contributed by atoms with E-state index >= 15 is 0 Å². The number of amides is 1. The molecule has 0 aromatic heterocycles. The summed E-state index contributed by atoms with van der Waals surface area (Å²) in [5, 5.41) is 0. The molecule has 1 amide bonds. The van der Waals surface area contributed by atoms with Gasteiger partial charge in [0.25, 0.3) is 15.9 Å². The van der Waals surface area contributed by atoms with Gasteiger partial charge in [-0.2, -0.15) is 0 Å². The minimum atomic E-state index is -3.80. The molecule has 2 aromatic carbocycles. The number of ether oxygens (including phenoxy) is 1. The minimum absolute atomic E-state index is 0.0307. The van der Waals surface area contributed by atoms with Crippen molar-refractivity contribution in [1.29, 1.82) is 0 Å². The van der Waals surface area contributed by atoms with E-state index in [1.807, 2.05) is 26.0 Å². The number of nitrogens with one attached hydrogen (secondary N) is 1. The second-order valence-electron chi connectivity index (χ2n) is 7.82. The van der Waals surface area contributed by atoms with Crippen LogP contribution >= 0.6 is 0 Å². The lowest BCUT2D eigenvalue weighted by molar-refractivity contribution is -0.0124. The van der Waals surface area contributed by atoms with Crippen molar-refractivity contribution in [2.75, 3.05) is 24.4 Å². The van der Waals surface area contributed by atoms with Gasteiger partial charge in [-0.15, -0.1) is 0 Å². The largest absolute Gasteiger partial charge is 0.375 e. The van der Waals surface area contributed by atoms with Crippen LogP contribution in [-0.2, 0) is 21.2 Å². The standard InChI is InChI=1S/C23H30N2O4S/c1-4-5-6-19-8-10-20(11-9-19)24-30(27,28)21-12-7-17(2)22(15-21)23(26)25-13-14-29-18(3)16-25/h7-12,15,18,24H,4-6,13-14,16H2,1-3H3/t18-/m0/s1. The lowest BCUT2D eigenvalue weighted by Gasteiger charge is -2.31. The second kappa shape index (κ2) is 9.62. The third kappa shape index (κ3) is 5.40. The summed E-state index contributed by atoms with van der Waals surface area (Å²) in [6.07, 6.45) is 3.17. The number of unbranched alkanes of at least 4 members (excludes halogenated alkanes) is 1. The fourth-order valence-corrected chi connectivity index (χ4v) is 4.59. The van der Waals surface area contributed by atoms with Gasteiger partial charge in [0.1, 0.15) is 0 Å². The lowest BCUT2D eigenvalue weighted by Crippen LogP contribution is -2.44. The molecule has 7 heteroatoms. The SMILES string of the molecule is CCCCc1ccc(NS(=O)(=O)c2ccc(C)c(C(=O)N3CCO[C@@H](C)C3)c2)cc1. The molecule has 1 heterocycles. The molecule has 2 aromatic rings. The molecule has 1 atom stereocenters. The monoisotopic (exact) mass is 430 g/mol. The highest BCUT2D eigenvalue weighted by atomic mass is 32.2. The zero-order chi connectivity index (χ0) is 21.7. The van der Waals surface area contributed by atoms with E-state index in [-0.39, 0.29) is 16.9 Å². The Morgan fingerprint density at radius 1 is 1.20 bits per heavy atom. The Balaban J connectivity index is 1.79. The molecule has 0 aliphatic carbocycles. The van der Waals surface area contributed by atoms with Gasteiger partial charge in [-0.3, -0.25) is 9.52 Å². The van der Waals surface area contributed by atoms with Gasteiger partial charge in [0.2, 0.25) is 0 Å². The van der Waals surface area contributed by atoms with Crippen molar-refractivity contribution in [3.63, 3.8) is 0 Å². The molecule has 1 N–H and O–H groups in total. The molecule has 0 unspecified atom stereocenters. The van der Waals surface area contributed by atoms with Crippen molar-refractivity contribution in [1.82, 2.24) is 4.90 Å². The maximum atomic E-state index is 13.0. The quantitative estimate of drug-likeness (QED) is 0.720. The van der Waals surface area contributed by atoms with Crippen molar-refractivity contribution in [3.8, 4) is 0 Å². The van der Waals surface area contributed by atoms with E-state index in [1.165, 1.54) is 17.7 Å². The van der Waals surface area contributed by atoms with E-state index in [1.54, 1.807) is 23.1 Å². The van der Waals surface area contributed by atoms with Gasteiger partial charge in [0, 0.05) is 24.3 Å². The molecule has 3 rings (SSSR count). The van der Waals surface area contributed by atoms with Crippen LogP contribution in [0, 0.1) is 6.92 Å². The molecule has 1 saturated heterocycles. The predicted octanol–water partition coefficient (Wildman–Crippen LogP) is 4.00. The summed E-state index contributed by atoms with van der Waals surface area (Å²) >= 11 is 0. The van der Waals surface area contributed by atoms with Crippen LogP contribution in [0.5, 0.6) is 0 Å². The Morgan fingerprint density at radius 2 is 1.93 bits per heavy atom. The minimum Gasteiger partial charge on any atom is -0.375 e. The number of sulfonamides is 1. The Labute approximate surface area is 179 Å². The van der Waals surface area contributed by atoms with Gasteiger partial charge < -0.3 is 9.64 Å². The van der Waals surface area contributed by atoms with Crippen molar-refractivity contribution >= 4 is 21.6 Å². The van der Waals surface area contributed by atoms with Gasteiger partial charge in [-0.1, -0.05) is 31.5 Å². The normalized spacial score (nSPS) is 17.0. The van der Waals surface area contributed by atoms with Crippen molar-refractivity contribution in [2.24, 2.45) is 0 Å². The lowest BCUT2D eigenvalue weighted by atomic mass is 10.1. The maximum absolute atomic E-state index is 13.0. The van der Waals surface area contributed by atoms with Crippen LogP contribution in [0.2, 0.25) is 0 Å². The smallest absolute Gasteiger partial charge is 0.261 e. The molecule has 0 spiro atoms. The van der Waals surface area contributed by atoms with Gasteiger partial charge in [0.05, 0.1) is 17.6 Å². The maximum Gasteiger partial charge on any atom is 0.261 e. The Kier molecular flexibility index (Phi) is 7.15. The number of aryl methyl sites for hydroxylation is 2. The Morgan fingerprint density at radius 3 is 2.60 bits per heavy atom. The van der Waals surface area contributed by atoms with E-state index in [4.69, 9.17) is 4.74 Å². The van der Waals surface area contributed by atoms with Gasteiger partial charge >= 0.3 is 0 Å². The second-order valence-corrected chi connectivity index (χ2v) is 9.50. The van der Waals surface area contributed by atoms with Crippen LogP contribution in [0.3, 0.4) is 0 Å². The summed E-state index contributed by atoms with van der Waals surface area (Å²) in [7, 11) is -3.80. The molecule has 162 valence electrons. The van der Waals surface area contributed by atoms with E-state index in [0.717, 1.165) is 24.8 Å². The van der Waals surface area contributed by atoms with E-state index in [2.05, 4.69) is 11.6 Å². The van der Waals surface area contributed by atoms with Crippen molar-refractivity contribution < 1.29 is 17.9 Å². The number of benzene rings is 2. The molecule has 0 saturated carbocycles. The first-order valence-corrected chi connectivity index (χ1v) is 11.9. The molecule has 30 heavy (non-hydrogen) atoms. The first kappa shape index (κ1) is 22.3. The topological polar surface area (TPSA) is 75.7 Å². The van der Waals surface area contributed by atoms with Crippen LogP contribution in [0.25, 0.3) is 0 Å². The Hall–Kier alpha value is -2.38. The molecule has 0 bridgehead atoms. The number of carbonyl (C=O) groups excluding carboxylic acids is 1. The van der Waals surface area contributed by atoms with E-state index < -0.39 is 10.0 Å². The third-order valence-corrected chi connectivity index (χ3v) is 6.68. The average molecular weight is 431 g/mol. The zero-order valence-electron chi connectivity index (χ0n) is 17.8. The molecule has 0 radical (unpaired) electrons. The van der Waals surface area contributed by atoms with E-state index in [0.29, 0.717) is 30.9 Å². The third-order valence-electron chi connectivity index (χ3n) is 5.30. The Bertz CT molecular complexity index is 987. The highest BCUT2D eigenvalue weighted by molar-refractivity contribution is 7.92. The number of anilines is 1. The first-order chi connectivity index (χ1) is 14.3. The number of hydrogen-bond acceptors (Lipinski definition) is 4. The molecular weight excluding hydrogens is 400 g/mol. The van der Waals surface area contributed by atoms with Gasteiger partial charge in [-0.25, -0.2) is 8.42 Å². The number of hydrogen-bond donors (Lipinski definition) is 1. The molecule has 1 aliphatic rings. The first-order valence-electron chi connectivity index (χ1n) is 10.4. The fraction of sp³-hybridized carbons (Fsp3) is 0.435. The number of rotatable bonds is 7. The van der Waals surface area contributed by atoms with Crippen LogP contribution in [-0.4, -0.2) is 45.0 Å². The van der Waals surface area contributed by atoms with Crippen molar-refractivity contribution in [2.45, 2.75) is 51.0 Å². The predicted molar refractivity (Wildman–Crippen MR) is 118 cm³/mol. The molecule has 1 fully saturated rings. The fourth-order valence-electron chi connectivity index (χ4n) is 3.51. The highest BCUT2D eigenvalue weighted by Crippen LogP contribution is 2.22. The van der Waals surface area contributed by atoms with Crippen LogP contribution in [0.15, 0.2) is 47.4 Å². The molecule has 1 aliphatic heterocycles. The number of morpholine rings is 1. The summed E-state index contributed by atoms with van der Waals surface area (Å²) in [4.78, 5) is 14.8. The summed E-state index contributed by atoms with van der Waals surface area (Å²) < 4.78 is 34.0. The van der Waals surface area contributed by atoms with Crippen molar-refractivity contribution in [3.05, 3.63) is 59.2 Å². The number of nitrogens with zero attached hydrogens (tertiary/aromatic N) is 1. The van der Waals surface area contributed by atoms with Crippen LogP contribution in [0.4, 0.5) is 5.69 Å². The van der Waals surface area contributed by atoms with Crippen LogP contribution in [0.1, 0.15) is 48.2 Å². The molecular formula is C23H30N2O4S. The van der Waals surface area contributed by atoms with Crippen LogP contribution < -0.4 is 4.72 Å². The molecule has 6 nitrogen and oxygen atoms in total. The van der Waals surface area contributed by atoms with Gasteiger partial charge in [-0.05, 0) is 62.1 Å². The summed E-state index contributed by atoms with van der Waals surface area (Å²) in [6, 6.07) is 12.1. The summed E-state index contributed by atoms with van der Waals surface area (Å²) in [5.74, 6) is -0.167. The van der Waals surface area contributed by atoms with E-state index in [9.17, 15) is 13.2 Å². The highest BCUT2D eigenvalue weighted by Gasteiger charge is 2.25. The van der Waals surface area contributed by atoms with Gasteiger partial charge in [0.15, 0.2) is 0 Å². The zero-order valence-corrected chi connectivity index (χ0v) is 18.7. The summed E-state index contributed by atoms with van der Waals surface area (Å²) in [6.45, 7) is 7.36. The average Bonchev–Trinajstić information content (AvgIpc) is 2.72. The summed E-state index contributed by atoms with van der Waals surface area (Å²) in [5.41, 5.74) is 2.84. The number of carbonyl (C=O) groups is 1.